The maximum absolute atomic E-state index is 12.1. The number of pyridine rings is 1. The molecule has 6 nitrogen and oxygen atoms in total. The van der Waals surface area contributed by atoms with Gasteiger partial charge in [0, 0.05) is 36.1 Å². The standard InChI is InChI=1S/C14H17N3O3S/c1-3-12(13-8-11(9-16-13)21(2,19)20)17-14(18)10-4-6-15-7-5-10/h4-9,12,16H,3H2,1-2H3,(H,17,18)/t12-/m0/s1. The van der Waals surface area contributed by atoms with Crippen LogP contribution in [0.3, 0.4) is 0 Å². The minimum absolute atomic E-state index is 0.217. The van der Waals surface area contributed by atoms with E-state index in [-0.39, 0.29) is 16.8 Å². The average Bonchev–Trinajstić information content (AvgIpc) is 2.95. The highest BCUT2D eigenvalue weighted by Crippen LogP contribution is 2.19. The predicted octanol–water partition coefficient (Wildman–Crippen LogP) is 1.69. The molecule has 0 saturated heterocycles. The van der Waals surface area contributed by atoms with Crippen molar-refractivity contribution in [3.8, 4) is 0 Å². The number of amides is 1. The van der Waals surface area contributed by atoms with E-state index in [0.717, 1.165) is 6.26 Å². The zero-order valence-corrected chi connectivity index (χ0v) is 12.6. The zero-order chi connectivity index (χ0) is 15.5. The van der Waals surface area contributed by atoms with Crippen LogP contribution >= 0.6 is 0 Å². The van der Waals surface area contributed by atoms with Crippen molar-refractivity contribution in [2.75, 3.05) is 6.26 Å². The molecule has 1 atom stereocenters. The van der Waals surface area contributed by atoms with Crippen LogP contribution in [-0.4, -0.2) is 30.5 Å². The summed E-state index contributed by atoms with van der Waals surface area (Å²) in [5.74, 6) is -0.222. The van der Waals surface area contributed by atoms with E-state index in [1.165, 1.54) is 6.20 Å². The molecule has 7 heteroatoms. The fourth-order valence-corrected chi connectivity index (χ4v) is 2.56. The highest BCUT2D eigenvalue weighted by atomic mass is 32.2. The molecule has 0 spiro atoms. The van der Waals surface area contributed by atoms with Gasteiger partial charge < -0.3 is 10.3 Å². The molecule has 0 aliphatic rings. The second-order valence-corrected chi connectivity index (χ2v) is 6.75. The summed E-state index contributed by atoms with van der Waals surface area (Å²) < 4.78 is 23.0. The Hall–Kier alpha value is -2.15. The molecule has 0 fully saturated rings. The van der Waals surface area contributed by atoms with Gasteiger partial charge in [0.25, 0.3) is 5.91 Å². The quantitative estimate of drug-likeness (QED) is 0.879. The van der Waals surface area contributed by atoms with E-state index in [4.69, 9.17) is 0 Å². The molecule has 0 saturated carbocycles. The van der Waals surface area contributed by atoms with Crippen LogP contribution in [0.2, 0.25) is 0 Å². The van der Waals surface area contributed by atoms with E-state index < -0.39 is 9.84 Å². The molecule has 2 heterocycles. The van der Waals surface area contributed by atoms with E-state index in [1.807, 2.05) is 6.92 Å². The Morgan fingerprint density at radius 3 is 2.57 bits per heavy atom. The molecule has 0 bridgehead atoms. The lowest BCUT2D eigenvalue weighted by atomic mass is 10.1. The number of aromatic amines is 1. The van der Waals surface area contributed by atoms with Crippen molar-refractivity contribution in [3.05, 3.63) is 48.0 Å². The van der Waals surface area contributed by atoms with Gasteiger partial charge in [-0.25, -0.2) is 8.42 Å². The van der Waals surface area contributed by atoms with Gasteiger partial charge in [-0.2, -0.15) is 0 Å². The number of nitrogens with zero attached hydrogens (tertiary/aromatic N) is 1. The number of carbonyl (C=O) groups is 1. The third-order valence-electron chi connectivity index (χ3n) is 3.14. The molecule has 112 valence electrons. The summed E-state index contributed by atoms with van der Waals surface area (Å²) in [5, 5.41) is 2.87. The Bertz CT molecular complexity index is 723. The third-order valence-corrected chi connectivity index (χ3v) is 4.23. The molecule has 21 heavy (non-hydrogen) atoms. The van der Waals surface area contributed by atoms with Gasteiger partial charge in [-0.15, -0.1) is 0 Å². The minimum atomic E-state index is -3.26. The van der Waals surface area contributed by atoms with Crippen LogP contribution in [0, 0.1) is 0 Å². The molecule has 2 aromatic rings. The number of sulfone groups is 1. The monoisotopic (exact) mass is 307 g/mol. The number of aromatic nitrogens is 2. The van der Waals surface area contributed by atoms with Gasteiger partial charge in [0.15, 0.2) is 9.84 Å². The highest BCUT2D eigenvalue weighted by Gasteiger charge is 2.18. The van der Waals surface area contributed by atoms with Gasteiger partial charge in [0.05, 0.1) is 10.9 Å². The lowest BCUT2D eigenvalue weighted by molar-refractivity contribution is 0.0934. The maximum atomic E-state index is 12.1. The van der Waals surface area contributed by atoms with E-state index in [0.29, 0.717) is 17.7 Å². The van der Waals surface area contributed by atoms with Crippen molar-refractivity contribution >= 4 is 15.7 Å². The van der Waals surface area contributed by atoms with Gasteiger partial charge in [0.2, 0.25) is 0 Å². The van der Waals surface area contributed by atoms with Crippen molar-refractivity contribution in [2.24, 2.45) is 0 Å². The molecule has 1 amide bonds. The van der Waals surface area contributed by atoms with Crippen LogP contribution in [0.4, 0.5) is 0 Å². The van der Waals surface area contributed by atoms with Gasteiger partial charge in [-0.1, -0.05) is 6.92 Å². The fourth-order valence-electron chi connectivity index (χ4n) is 1.95. The summed E-state index contributed by atoms with van der Waals surface area (Å²) in [6, 6.07) is 4.52. The first-order chi connectivity index (χ1) is 9.91. The summed E-state index contributed by atoms with van der Waals surface area (Å²) in [7, 11) is -3.26. The van der Waals surface area contributed by atoms with E-state index >= 15 is 0 Å². The second kappa shape index (κ2) is 6.09. The van der Waals surface area contributed by atoms with Crippen molar-refractivity contribution < 1.29 is 13.2 Å². The molecule has 2 aromatic heterocycles. The van der Waals surface area contributed by atoms with Crippen LogP contribution < -0.4 is 5.32 Å². The molecule has 0 radical (unpaired) electrons. The lowest BCUT2D eigenvalue weighted by Crippen LogP contribution is -2.28. The normalized spacial score (nSPS) is 12.9. The first-order valence-electron chi connectivity index (χ1n) is 6.51. The lowest BCUT2D eigenvalue weighted by Gasteiger charge is -2.15. The Kier molecular flexibility index (Phi) is 4.42. The van der Waals surface area contributed by atoms with E-state index in [1.54, 1.807) is 30.6 Å². The number of hydrogen-bond acceptors (Lipinski definition) is 4. The number of rotatable bonds is 5. The van der Waals surface area contributed by atoms with Gasteiger partial charge in [-0.05, 0) is 24.6 Å². The molecular formula is C14H17N3O3S. The summed E-state index contributed by atoms with van der Waals surface area (Å²) in [5.41, 5.74) is 1.18. The fraction of sp³-hybridized carbons (Fsp3) is 0.286. The summed E-state index contributed by atoms with van der Waals surface area (Å²) in [6.45, 7) is 1.92. The summed E-state index contributed by atoms with van der Waals surface area (Å²) in [6.07, 6.45) is 6.32. The van der Waals surface area contributed by atoms with Gasteiger partial charge in [0.1, 0.15) is 0 Å². The summed E-state index contributed by atoms with van der Waals surface area (Å²) >= 11 is 0. The van der Waals surface area contributed by atoms with Gasteiger partial charge in [-0.3, -0.25) is 9.78 Å². The molecule has 0 aromatic carbocycles. The van der Waals surface area contributed by atoms with Crippen LogP contribution in [0.15, 0.2) is 41.7 Å². The van der Waals surface area contributed by atoms with Crippen LogP contribution in [-0.2, 0) is 9.84 Å². The average molecular weight is 307 g/mol. The number of H-pyrrole nitrogens is 1. The molecule has 2 rings (SSSR count). The first kappa shape index (κ1) is 15.2. The molecule has 0 aliphatic carbocycles. The number of nitrogens with one attached hydrogen (secondary N) is 2. The topological polar surface area (TPSA) is 91.9 Å². The van der Waals surface area contributed by atoms with Crippen LogP contribution in [0.5, 0.6) is 0 Å². The Morgan fingerprint density at radius 1 is 1.38 bits per heavy atom. The van der Waals surface area contributed by atoms with Crippen LogP contribution in [0.1, 0.15) is 35.4 Å². The Labute approximate surface area is 123 Å². The summed E-state index contributed by atoms with van der Waals surface area (Å²) in [4.78, 5) is 19.1. The van der Waals surface area contributed by atoms with Crippen molar-refractivity contribution in [1.29, 1.82) is 0 Å². The SMILES string of the molecule is CC[C@H](NC(=O)c1ccncc1)c1cc(S(C)(=O)=O)c[nH]1. The second-order valence-electron chi connectivity index (χ2n) is 4.73. The number of hydrogen-bond donors (Lipinski definition) is 2. The number of carbonyl (C=O) groups excluding carboxylic acids is 1. The smallest absolute Gasteiger partial charge is 0.251 e. The molecule has 2 N–H and O–H groups in total. The van der Waals surface area contributed by atoms with E-state index in [2.05, 4.69) is 15.3 Å². The highest BCUT2D eigenvalue weighted by molar-refractivity contribution is 7.90. The van der Waals surface area contributed by atoms with Crippen molar-refractivity contribution in [3.63, 3.8) is 0 Å². The minimum Gasteiger partial charge on any atom is -0.362 e. The Balaban J connectivity index is 2.17. The predicted molar refractivity (Wildman–Crippen MR) is 78.6 cm³/mol. The first-order valence-corrected chi connectivity index (χ1v) is 8.40. The largest absolute Gasteiger partial charge is 0.362 e. The van der Waals surface area contributed by atoms with Crippen LogP contribution in [0.25, 0.3) is 0 Å². The van der Waals surface area contributed by atoms with Crippen molar-refractivity contribution in [1.82, 2.24) is 15.3 Å². The molecular weight excluding hydrogens is 290 g/mol. The molecule has 0 aliphatic heterocycles. The molecule has 0 unspecified atom stereocenters. The van der Waals surface area contributed by atoms with E-state index in [9.17, 15) is 13.2 Å². The third kappa shape index (κ3) is 3.69. The Morgan fingerprint density at radius 2 is 2.05 bits per heavy atom. The maximum Gasteiger partial charge on any atom is 0.251 e. The van der Waals surface area contributed by atoms with Gasteiger partial charge >= 0.3 is 0 Å². The van der Waals surface area contributed by atoms with Crippen molar-refractivity contribution in [2.45, 2.75) is 24.3 Å². The zero-order valence-electron chi connectivity index (χ0n) is 11.8.